The molecule has 2 heterocycles. The van der Waals surface area contributed by atoms with Crippen LogP contribution in [0.4, 0.5) is 4.79 Å². The summed E-state index contributed by atoms with van der Waals surface area (Å²) >= 11 is 0. The van der Waals surface area contributed by atoms with Crippen LogP contribution in [-0.2, 0) is 26.9 Å². The first-order valence-corrected chi connectivity index (χ1v) is 11.8. The number of carbonyl (C=O) groups excluding carboxylic acids is 2. The van der Waals surface area contributed by atoms with Gasteiger partial charge in [-0.1, -0.05) is 6.07 Å². The lowest BCUT2D eigenvalue weighted by Crippen LogP contribution is -2.41. The van der Waals surface area contributed by atoms with Crippen LogP contribution in [-0.4, -0.2) is 48.6 Å². The van der Waals surface area contributed by atoms with Crippen LogP contribution in [0.25, 0.3) is 0 Å². The molecule has 0 unspecified atom stereocenters. The van der Waals surface area contributed by atoms with Gasteiger partial charge in [-0.25, -0.2) is 13.2 Å². The zero-order chi connectivity index (χ0) is 22.9. The van der Waals surface area contributed by atoms with E-state index in [-0.39, 0.29) is 23.9 Å². The van der Waals surface area contributed by atoms with E-state index in [2.05, 4.69) is 20.2 Å². The summed E-state index contributed by atoms with van der Waals surface area (Å²) in [6, 6.07) is 9.24. The number of hydrogen-bond donors (Lipinski definition) is 2. The molecule has 170 valence electrons. The normalized spacial score (nSPS) is 16.9. The van der Waals surface area contributed by atoms with Gasteiger partial charge in [0.25, 0.3) is 0 Å². The second-order valence-electron chi connectivity index (χ2n) is 8.58. The molecule has 1 aromatic carbocycles. The summed E-state index contributed by atoms with van der Waals surface area (Å²) in [5.41, 5.74) is -0.151. The second-order valence-corrected chi connectivity index (χ2v) is 10.3. The number of nitrogens with one attached hydrogen (secondary N) is 2. The number of carbonyl (C=O) groups is 2. The highest BCUT2D eigenvalue weighted by molar-refractivity contribution is 7.89. The monoisotopic (exact) mass is 459 g/mol. The van der Waals surface area contributed by atoms with Crippen molar-refractivity contribution in [1.82, 2.24) is 25.1 Å². The SMILES string of the molecule is CC(C)(NS(=O)(=O)c1cccc(OCC2CC2)c1)c1ccc(CN2CC(=O)NC2=O)nn1. The third-order valence-electron chi connectivity index (χ3n) is 5.27. The molecule has 1 saturated heterocycles. The number of nitrogens with zero attached hydrogens (tertiary/aromatic N) is 3. The average Bonchev–Trinajstić information content (AvgIpc) is 3.51. The average molecular weight is 460 g/mol. The molecule has 1 aliphatic carbocycles. The van der Waals surface area contributed by atoms with Gasteiger partial charge >= 0.3 is 6.03 Å². The first-order chi connectivity index (χ1) is 15.1. The topological polar surface area (TPSA) is 131 Å². The van der Waals surface area contributed by atoms with Crippen LogP contribution in [0.1, 0.15) is 38.1 Å². The lowest BCUT2D eigenvalue weighted by Gasteiger charge is -2.25. The standard InChI is InChI=1S/C21H25N5O5S/c1-21(2,18-9-8-15(23-24-18)11-26-12-19(27)22-20(26)28)25-32(29,30)17-5-3-4-16(10-17)31-13-14-6-7-14/h3-5,8-10,14,25H,6-7,11-13H2,1-2H3,(H,22,27,28). The Hall–Kier alpha value is -3.05. The minimum Gasteiger partial charge on any atom is -0.493 e. The fraction of sp³-hybridized carbons (Fsp3) is 0.429. The van der Waals surface area contributed by atoms with Crippen molar-refractivity contribution < 1.29 is 22.7 Å². The molecular formula is C21H25N5O5S. The van der Waals surface area contributed by atoms with E-state index in [0.717, 1.165) is 12.8 Å². The lowest BCUT2D eigenvalue weighted by molar-refractivity contribution is -0.118. The fourth-order valence-electron chi connectivity index (χ4n) is 3.26. The Morgan fingerprint density at radius 2 is 1.97 bits per heavy atom. The molecule has 3 amide bonds. The van der Waals surface area contributed by atoms with Crippen molar-refractivity contribution in [3.05, 3.63) is 47.8 Å². The number of amides is 3. The van der Waals surface area contributed by atoms with Crippen molar-refractivity contribution in [1.29, 1.82) is 0 Å². The first kappa shape index (κ1) is 22.2. The third kappa shape index (κ3) is 5.22. The molecule has 32 heavy (non-hydrogen) atoms. The number of sulfonamides is 1. The van der Waals surface area contributed by atoms with E-state index < -0.39 is 21.6 Å². The molecule has 0 spiro atoms. The number of benzene rings is 1. The van der Waals surface area contributed by atoms with Crippen LogP contribution in [0.15, 0.2) is 41.3 Å². The minimum atomic E-state index is -3.85. The van der Waals surface area contributed by atoms with Crippen molar-refractivity contribution in [2.24, 2.45) is 5.92 Å². The maximum absolute atomic E-state index is 13.0. The van der Waals surface area contributed by atoms with E-state index in [4.69, 9.17) is 4.74 Å². The van der Waals surface area contributed by atoms with Crippen LogP contribution in [0.2, 0.25) is 0 Å². The van der Waals surface area contributed by atoms with Crippen molar-refractivity contribution in [2.45, 2.75) is 43.7 Å². The summed E-state index contributed by atoms with van der Waals surface area (Å²) in [5.74, 6) is 0.720. The summed E-state index contributed by atoms with van der Waals surface area (Å²) in [6.45, 7) is 4.07. The van der Waals surface area contributed by atoms with Crippen LogP contribution >= 0.6 is 0 Å². The van der Waals surface area contributed by atoms with E-state index >= 15 is 0 Å². The molecule has 1 aromatic heterocycles. The molecule has 2 fully saturated rings. The molecule has 10 nitrogen and oxygen atoms in total. The van der Waals surface area contributed by atoms with Crippen molar-refractivity contribution >= 4 is 22.0 Å². The lowest BCUT2D eigenvalue weighted by atomic mass is 10.0. The first-order valence-electron chi connectivity index (χ1n) is 10.3. The van der Waals surface area contributed by atoms with Gasteiger partial charge < -0.3 is 9.64 Å². The van der Waals surface area contributed by atoms with Gasteiger partial charge in [-0.15, -0.1) is 0 Å². The van der Waals surface area contributed by atoms with E-state index in [1.807, 2.05) is 0 Å². The molecule has 2 N–H and O–H groups in total. The summed E-state index contributed by atoms with van der Waals surface area (Å²) in [7, 11) is -3.85. The van der Waals surface area contributed by atoms with E-state index in [1.165, 1.54) is 17.0 Å². The molecule has 1 aliphatic heterocycles. The highest BCUT2D eigenvalue weighted by Crippen LogP contribution is 2.30. The van der Waals surface area contributed by atoms with Crippen LogP contribution in [0, 0.1) is 5.92 Å². The Balaban J connectivity index is 1.44. The van der Waals surface area contributed by atoms with Gasteiger partial charge in [0.1, 0.15) is 12.3 Å². The van der Waals surface area contributed by atoms with Gasteiger partial charge in [-0.05, 0) is 56.9 Å². The van der Waals surface area contributed by atoms with Gasteiger partial charge in [0.05, 0.1) is 35.0 Å². The summed E-state index contributed by atoms with van der Waals surface area (Å²) in [5, 5.41) is 10.4. The molecule has 2 aliphatic rings. The summed E-state index contributed by atoms with van der Waals surface area (Å²) in [6.07, 6.45) is 2.30. The second kappa shape index (κ2) is 8.47. The quantitative estimate of drug-likeness (QED) is 0.544. The fourth-order valence-corrected chi connectivity index (χ4v) is 4.68. The molecule has 1 saturated carbocycles. The van der Waals surface area contributed by atoms with Crippen molar-refractivity contribution in [3.63, 3.8) is 0 Å². The van der Waals surface area contributed by atoms with Gasteiger partial charge in [-0.2, -0.15) is 14.9 Å². The zero-order valence-electron chi connectivity index (χ0n) is 17.9. The Bertz CT molecular complexity index is 1130. The molecule has 0 radical (unpaired) electrons. The van der Waals surface area contributed by atoms with Crippen molar-refractivity contribution in [2.75, 3.05) is 13.2 Å². The largest absolute Gasteiger partial charge is 0.493 e. The van der Waals surface area contributed by atoms with Gasteiger partial charge in [0.2, 0.25) is 15.9 Å². The smallest absolute Gasteiger partial charge is 0.324 e. The Morgan fingerprint density at radius 3 is 2.59 bits per heavy atom. The molecule has 4 rings (SSSR count). The van der Waals surface area contributed by atoms with E-state index in [1.54, 1.807) is 38.1 Å². The molecule has 0 atom stereocenters. The highest BCUT2D eigenvalue weighted by atomic mass is 32.2. The molecular weight excluding hydrogens is 434 g/mol. The van der Waals surface area contributed by atoms with Gasteiger partial charge in [-0.3, -0.25) is 10.1 Å². The minimum absolute atomic E-state index is 0.0308. The molecule has 0 bridgehead atoms. The maximum atomic E-state index is 13.0. The highest BCUT2D eigenvalue weighted by Gasteiger charge is 2.31. The maximum Gasteiger partial charge on any atom is 0.324 e. The number of hydrogen-bond acceptors (Lipinski definition) is 7. The van der Waals surface area contributed by atoms with E-state index in [9.17, 15) is 18.0 Å². The predicted molar refractivity (Wildman–Crippen MR) is 114 cm³/mol. The Kier molecular flexibility index (Phi) is 5.87. The number of imide groups is 1. The van der Waals surface area contributed by atoms with Crippen LogP contribution < -0.4 is 14.8 Å². The Morgan fingerprint density at radius 1 is 1.19 bits per heavy atom. The Labute approximate surface area is 186 Å². The summed E-state index contributed by atoms with van der Waals surface area (Å²) < 4.78 is 34.3. The van der Waals surface area contributed by atoms with Gasteiger partial charge in [0.15, 0.2) is 0 Å². The number of ether oxygens (including phenoxy) is 1. The van der Waals surface area contributed by atoms with Crippen LogP contribution in [0.5, 0.6) is 5.75 Å². The van der Waals surface area contributed by atoms with Crippen LogP contribution in [0.3, 0.4) is 0 Å². The summed E-state index contributed by atoms with van der Waals surface area (Å²) in [4.78, 5) is 24.4. The van der Waals surface area contributed by atoms with Crippen molar-refractivity contribution in [3.8, 4) is 5.75 Å². The number of urea groups is 1. The zero-order valence-corrected chi connectivity index (χ0v) is 18.7. The number of aromatic nitrogens is 2. The number of rotatable bonds is 9. The van der Waals surface area contributed by atoms with E-state index in [0.29, 0.717) is 29.7 Å². The molecule has 2 aromatic rings. The predicted octanol–water partition coefficient (Wildman–Crippen LogP) is 1.53. The molecule has 11 heteroatoms. The van der Waals surface area contributed by atoms with Gasteiger partial charge in [0, 0.05) is 6.07 Å². The third-order valence-corrected chi connectivity index (χ3v) is 6.92.